The molecule has 0 bridgehead atoms. The Balaban J connectivity index is 1.87. The van der Waals surface area contributed by atoms with E-state index in [0.29, 0.717) is 6.61 Å². The zero-order valence-corrected chi connectivity index (χ0v) is 11.6. The molecule has 1 rings (SSSR count). The minimum absolute atomic E-state index is 0.355. The highest BCUT2D eigenvalue weighted by atomic mass is 16.2. The van der Waals surface area contributed by atoms with Crippen molar-refractivity contribution in [1.29, 1.82) is 0 Å². The molecule has 0 aromatic rings. The first-order valence-corrected chi connectivity index (χ1v) is 7.68. The second-order valence-corrected chi connectivity index (χ2v) is 5.64. The molecule has 2 heteroatoms. The van der Waals surface area contributed by atoms with E-state index in [1.807, 2.05) is 0 Å². The molecule has 0 amide bonds. The van der Waals surface area contributed by atoms with Crippen LogP contribution in [-0.4, -0.2) is 24.8 Å². The topological polar surface area (TPSA) is 32.3 Å². The van der Waals surface area contributed by atoms with E-state index in [2.05, 4.69) is 12.2 Å². The van der Waals surface area contributed by atoms with Crippen molar-refractivity contribution in [3.8, 4) is 0 Å². The number of hydrogen-bond donors (Lipinski definition) is 2. The van der Waals surface area contributed by atoms with Crippen LogP contribution in [0.3, 0.4) is 0 Å². The van der Waals surface area contributed by atoms with Crippen molar-refractivity contribution in [2.24, 2.45) is 11.8 Å². The van der Waals surface area contributed by atoms with Crippen LogP contribution in [0.5, 0.6) is 0 Å². The Morgan fingerprint density at radius 1 is 0.941 bits per heavy atom. The van der Waals surface area contributed by atoms with Gasteiger partial charge >= 0.3 is 0 Å². The van der Waals surface area contributed by atoms with E-state index < -0.39 is 0 Å². The average Bonchev–Trinajstić information content (AvgIpc) is 2.38. The molecule has 2 nitrogen and oxygen atoms in total. The highest BCUT2D eigenvalue weighted by Crippen LogP contribution is 2.29. The largest absolute Gasteiger partial charge is 0.396 e. The number of hydrogen-bond acceptors (Lipinski definition) is 2. The van der Waals surface area contributed by atoms with Gasteiger partial charge in [-0.05, 0) is 50.6 Å². The van der Waals surface area contributed by atoms with Crippen LogP contribution in [-0.2, 0) is 0 Å². The molecule has 17 heavy (non-hydrogen) atoms. The predicted molar refractivity (Wildman–Crippen MR) is 74.2 cm³/mol. The maximum absolute atomic E-state index is 8.67. The molecule has 2 N–H and O–H groups in total. The molecule has 102 valence electrons. The van der Waals surface area contributed by atoms with Crippen LogP contribution in [0.25, 0.3) is 0 Å². The first-order chi connectivity index (χ1) is 8.36. The zero-order chi connectivity index (χ0) is 12.3. The van der Waals surface area contributed by atoms with Gasteiger partial charge in [-0.25, -0.2) is 0 Å². The molecular weight excluding hydrogens is 210 g/mol. The molecule has 0 aliphatic heterocycles. The standard InChI is InChI=1S/C15H31NO/c1-2-14-7-9-15(10-8-14)13-16-11-5-3-4-6-12-17/h14-17H,2-13H2,1H3. The average molecular weight is 241 g/mol. The zero-order valence-electron chi connectivity index (χ0n) is 11.6. The molecule has 0 heterocycles. The fraction of sp³-hybridized carbons (Fsp3) is 1.00. The van der Waals surface area contributed by atoms with Gasteiger partial charge in [0.15, 0.2) is 0 Å². The smallest absolute Gasteiger partial charge is 0.0431 e. The van der Waals surface area contributed by atoms with Crippen LogP contribution >= 0.6 is 0 Å². The van der Waals surface area contributed by atoms with Crippen LogP contribution in [0.2, 0.25) is 0 Å². The van der Waals surface area contributed by atoms with Crippen molar-refractivity contribution in [3.63, 3.8) is 0 Å². The molecule has 0 unspecified atom stereocenters. The summed E-state index contributed by atoms with van der Waals surface area (Å²) >= 11 is 0. The van der Waals surface area contributed by atoms with Gasteiger partial charge in [-0.2, -0.15) is 0 Å². The lowest BCUT2D eigenvalue weighted by Gasteiger charge is -2.27. The molecule has 0 aromatic carbocycles. The maximum Gasteiger partial charge on any atom is 0.0431 e. The Morgan fingerprint density at radius 2 is 1.59 bits per heavy atom. The monoisotopic (exact) mass is 241 g/mol. The summed E-state index contributed by atoms with van der Waals surface area (Å²) in [6.45, 7) is 5.08. The molecule has 1 aliphatic carbocycles. The van der Waals surface area contributed by atoms with Gasteiger partial charge in [0.1, 0.15) is 0 Å². The van der Waals surface area contributed by atoms with Crippen LogP contribution in [0.4, 0.5) is 0 Å². The third-order valence-electron chi connectivity index (χ3n) is 4.24. The first kappa shape index (κ1) is 15.0. The second kappa shape index (κ2) is 9.90. The van der Waals surface area contributed by atoms with Gasteiger partial charge in [0.25, 0.3) is 0 Å². The minimum atomic E-state index is 0.355. The number of aliphatic hydroxyl groups excluding tert-OH is 1. The molecule has 1 fully saturated rings. The summed E-state index contributed by atoms with van der Waals surface area (Å²) < 4.78 is 0. The summed E-state index contributed by atoms with van der Waals surface area (Å²) in [7, 11) is 0. The molecule has 1 saturated carbocycles. The van der Waals surface area contributed by atoms with Crippen LogP contribution in [0.1, 0.15) is 64.7 Å². The van der Waals surface area contributed by atoms with Crippen molar-refractivity contribution in [1.82, 2.24) is 5.32 Å². The van der Waals surface area contributed by atoms with E-state index in [4.69, 9.17) is 5.11 Å². The predicted octanol–water partition coefficient (Wildman–Crippen LogP) is 3.35. The van der Waals surface area contributed by atoms with Gasteiger partial charge in [0.05, 0.1) is 0 Å². The van der Waals surface area contributed by atoms with Gasteiger partial charge < -0.3 is 10.4 Å². The van der Waals surface area contributed by atoms with Crippen molar-refractivity contribution in [2.45, 2.75) is 64.7 Å². The molecule has 0 spiro atoms. The van der Waals surface area contributed by atoms with Gasteiger partial charge in [0, 0.05) is 6.61 Å². The normalized spacial score (nSPS) is 25.1. The molecular formula is C15H31NO. The second-order valence-electron chi connectivity index (χ2n) is 5.64. The SMILES string of the molecule is CCC1CCC(CNCCCCCCO)CC1. The third-order valence-corrected chi connectivity index (χ3v) is 4.24. The fourth-order valence-corrected chi connectivity index (χ4v) is 2.87. The third kappa shape index (κ3) is 7.05. The van der Waals surface area contributed by atoms with Crippen molar-refractivity contribution in [3.05, 3.63) is 0 Å². The Kier molecular flexibility index (Phi) is 8.72. The maximum atomic E-state index is 8.67. The summed E-state index contributed by atoms with van der Waals surface area (Å²) in [5, 5.41) is 12.3. The minimum Gasteiger partial charge on any atom is -0.396 e. The Hall–Kier alpha value is -0.0800. The van der Waals surface area contributed by atoms with Crippen LogP contribution < -0.4 is 5.32 Å². The number of rotatable bonds is 9. The van der Waals surface area contributed by atoms with Gasteiger partial charge in [-0.3, -0.25) is 0 Å². The molecule has 1 aliphatic rings. The summed E-state index contributed by atoms with van der Waals surface area (Å²) in [6.07, 6.45) is 11.9. The van der Waals surface area contributed by atoms with Gasteiger partial charge in [-0.15, -0.1) is 0 Å². The van der Waals surface area contributed by atoms with E-state index in [1.165, 1.54) is 64.5 Å². The van der Waals surface area contributed by atoms with E-state index in [9.17, 15) is 0 Å². The number of aliphatic hydroxyl groups is 1. The Bertz CT molecular complexity index is 164. The van der Waals surface area contributed by atoms with Gasteiger partial charge in [0.2, 0.25) is 0 Å². The summed E-state index contributed by atoms with van der Waals surface area (Å²) in [5.74, 6) is 1.96. The lowest BCUT2D eigenvalue weighted by Crippen LogP contribution is -2.27. The lowest BCUT2D eigenvalue weighted by molar-refractivity contribution is 0.262. The molecule has 0 saturated heterocycles. The number of unbranched alkanes of at least 4 members (excludes halogenated alkanes) is 3. The van der Waals surface area contributed by atoms with Crippen molar-refractivity contribution >= 4 is 0 Å². The summed E-state index contributed by atoms with van der Waals surface area (Å²) in [6, 6.07) is 0. The van der Waals surface area contributed by atoms with Crippen LogP contribution in [0.15, 0.2) is 0 Å². The fourth-order valence-electron chi connectivity index (χ4n) is 2.87. The van der Waals surface area contributed by atoms with Crippen molar-refractivity contribution in [2.75, 3.05) is 19.7 Å². The lowest BCUT2D eigenvalue weighted by atomic mass is 9.81. The van der Waals surface area contributed by atoms with Crippen LogP contribution in [0, 0.1) is 11.8 Å². The van der Waals surface area contributed by atoms with E-state index >= 15 is 0 Å². The quantitative estimate of drug-likeness (QED) is 0.607. The Labute approximate surface area is 107 Å². The molecule has 0 radical (unpaired) electrons. The summed E-state index contributed by atoms with van der Waals surface area (Å²) in [5.41, 5.74) is 0. The summed E-state index contributed by atoms with van der Waals surface area (Å²) in [4.78, 5) is 0. The van der Waals surface area contributed by atoms with E-state index in [0.717, 1.165) is 18.3 Å². The van der Waals surface area contributed by atoms with E-state index in [-0.39, 0.29) is 0 Å². The molecule has 0 aromatic heterocycles. The first-order valence-electron chi connectivity index (χ1n) is 7.68. The van der Waals surface area contributed by atoms with E-state index in [1.54, 1.807) is 0 Å². The highest BCUT2D eigenvalue weighted by molar-refractivity contribution is 4.73. The highest BCUT2D eigenvalue weighted by Gasteiger charge is 2.19. The van der Waals surface area contributed by atoms with Gasteiger partial charge in [-0.1, -0.05) is 39.0 Å². The molecule has 0 atom stereocenters. The van der Waals surface area contributed by atoms with Crippen molar-refractivity contribution < 1.29 is 5.11 Å². The Morgan fingerprint density at radius 3 is 2.24 bits per heavy atom. The number of nitrogens with one attached hydrogen (secondary N) is 1.